The number of aliphatic hydroxyl groups is 1. The zero-order valence-corrected chi connectivity index (χ0v) is 12.6. The van der Waals surface area contributed by atoms with Crippen LogP contribution in [-0.2, 0) is 11.3 Å². The number of aliphatic hydroxyl groups excluding tert-OH is 1. The highest BCUT2D eigenvalue weighted by atomic mass is 16.5. The third-order valence-corrected chi connectivity index (χ3v) is 3.11. The SMILES string of the molecule is CCC(CCO)NC(=O)c1ccc(COC(C)C)cc1. The van der Waals surface area contributed by atoms with Crippen molar-refractivity contribution in [2.24, 2.45) is 0 Å². The molecule has 1 aromatic rings. The van der Waals surface area contributed by atoms with E-state index in [0.717, 1.165) is 12.0 Å². The molecule has 0 bridgehead atoms. The van der Waals surface area contributed by atoms with Gasteiger partial charge in [-0.25, -0.2) is 0 Å². The van der Waals surface area contributed by atoms with Crippen LogP contribution in [0.3, 0.4) is 0 Å². The summed E-state index contributed by atoms with van der Waals surface area (Å²) < 4.78 is 5.51. The van der Waals surface area contributed by atoms with Gasteiger partial charge in [0.25, 0.3) is 5.91 Å². The highest BCUT2D eigenvalue weighted by molar-refractivity contribution is 5.94. The van der Waals surface area contributed by atoms with Crippen LogP contribution in [0.4, 0.5) is 0 Å². The normalized spacial score (nSPS) is 12.4. The third kappa shape index (κ3) is 5.72. The van der Waals surface area contributed by atoms with Crippen molar-refractivity contribution in [2.45, 2.75) is 52.4 Å². The molecule has 0 spiro atoms. The van der Waals surface area contributed by atoms with Crippen LogP contribution in [-0.4, -0.2) is 29.8 Å². The molecule has 112 valence electrons. The van der Waals surface area contributed by atoms with E-state index in [0.29, 0.717) is 18.6 Å². The lowest BCUT2D eigenvalue weighted by atomic mass is 10.1. The molecule has 0 fully saturated rings. The van der Waals surface area contributed by atoms with Crippen molar-refractivity contribution in [3.63, 3.8) is 0 Å². The molecule has 1 rings (SSSR count). The second-order valence-electron chi connectivity index (χ2n) is 5.15. The Balaban J connectivity index is 2.56. The van der Waals surface area contributed by atoms with Gasteiger partial charge >= 0.3 is 0 Å². The van der Waals surface area contributed by atoms with E-state index in [9.17, 15) is 4.79 Å². The smallest absolute Gasteiger partial charge is 0.251 e. The van der Waals surface area contributed by atoms with Gasteiger partial charge in [0, 0.05) is 18.2 Å². The van der Waals surface area contributed by atoms with Gasteiger partial charge < -0.3 is 15.2 Å². The molecule has 0 aliphatic carbocycles. The summed E-state index contributed by atoms with van der Waals surface area (Å²) in [6.07, 6.45) is 1.59. The summed E-state index contributed by atoms with van der Waals surface area (Å²) in [5.74, 6) is -0.0957. The molecule has 0 heterocycles. The highest BCUT2D eigenvalue weighted by Crippen LogP contribution is 2.08. The summed E-state index contributed by atoms with van der Waals surface area (Å²) >= 11 is 0. The lowest BCUT2D eigenvalue weighted by molar-refractivity contribution is 0.0656. The van der Waals surface area contributed by atoms with Gasteiger partial charge in [-0.1, -0.05) is 19.1 Å². The van der Waals surface area contributed by atoms with Gasteiger partial charge in [-0.2, -0.15) is 0 Å². The van der Waals surface area contributed by atoms with E-state index in [1.165, 1.54) is 0 Å². The van der Waals surface area contributed by atoms with Crippen molar-refractivity contribution in [1.82, 2.24) is 5.32 Å². The predicted octanol–water partition coefficient (Wildman–Crippen LogP) is 2.50. The fraction of sp³-hybridized carbons (Fsp3) is 0.562. The maximum atomic E-state index is 12.0. The van der Waals surface area contributed by atoms with E-state index >= 15 is 0 Å². The lowest BCUT2D eigenvalue weighted by Gasteiger charge is -2.15. The zero-order chi connectivity index (χ0) is 15.0. The third-order valence-electron chi connectivity index (χ3n) is 3.11. The Bertz CT molecular complexity index is 401. The number of carbonyl (C=O) groups excluding carboxylic acids is 1. The first-order valence-electron chi connectivity index (χ1n) is 7.19. The average Bonchev–Trinajstić information content (AvgIpc) is 2.45. The maximum Gasteiger partial charge on any atom is 0.251 e. The molecule has 0 saturated carbocycles. The molecule has 0 aromatic heterocycles. The van der Waals surface area contributed by atoms with Crippen molar-refractivity contribution in [1.29, 1.82) is 0 Å². The van der Waals surface area contributed by atoms with Crippen LogP contribution < -0.4 is 5.32 Å². The summed E-state index contributed by atoms with van der Waals surface area (Å²) in [5, 5.41) is 11.8. The molecule has 0 radical (unpaired) electrons. The van der Waals surface area contributed by atoms with E-state index in [-0.39, 0.29) is 24.7 Å². The van der Waals surface area contributed by atoms with Crippen LogP contribution in [0.1, 0.15) is 49.5 Å². The van der Waals surface area contributed by atoms with Gasteiger partial charge in [0.15, 0.2) is 0 Å². The van der Waals surface area contributed by atoms with Crippen molar-refractivity contribution < 1.29 is 14.6 Å². The molecule has 4 heteroatoms. The maximum absolute atomic E-state index is 12.0. The molecular weight excluding hydrogens is 254 g/mol. The second-order valence-corrected chi connectivity index (χ2v) is 5.15. The summed E-state index contributed by atoms with van der Waals surface area (Å²) in [6, 6.07) is 7.45. The minimum absolute atomic E-state index is 0.0245. The summed E-state index contributed by atoms with van der Waals surface area (Å²) in [6.45, 7) is 6.63. The molecule has 0 aliphatic heterocycles. The minimum atomic E-state index is -0.0957. The molecule has 1 unspecified atom stereocenters. The highest BCUT2D eigenvalue weighted by Gasteiger charge is 2.11. The predicted molar refractivity (Wildman–Crippen MR) is 79.6 cm³/mol. The first-order valence-corrected chi connectivity index (χ1v) is 7.19. The topological polar surface area (TPSA) is 58.6 Å². The van der Waals surface area contributed by atoms with E-state index in [1.54, 1.807) is 12.1 Å². The molecule has 0 saturated heterocycles. The van der Waals surface area contributed by atoms with Crippen LogP contribution in [0.25, 0.3) is 0 Å². The van der Waals surface area contributed by atoms with E-state index in [1.807, 2.05) is 32.9 Å². The number of hydrogen-bond donors (Lipinski definition) is 2. The van der Waals surface area contributed by atoms with Crippen molar-refractivity contribution >= 4 is 5.91 Å². The number of nitrogens with one attached hydrogen (secondary N) is 1. The summed E-state index contributed by atoms with van der Waals surface area (Å²) in [5.41, 5.74) is 1.69. The first-order chi connectivity index (χ1) is 9.56. The average molecular weight is 279 g/mol. The number of ether oxygens (including phenoxy) is 1. The molecule has 2 N–H and O–H groups in total. The molecule has 0 aliphatic rings. The quantitative estimate of drug-likeness (QED) is 0.768. The first kappa shape index (κ1) is 16.7. The molecule has 4 nitrogen and oxygen atoms in total. The lowest BCUT2D eigenvalue weighted by Crippen LogP contribution is -2.35. The van der Waals surface area contributed by atoms with Crippen LogP contribution >= 0.6 is 0 Å². The molecular formula is C16H25NO3. The van der Waals surface area contributed by atoms with E-state index in [4.69, 9.17) is 9.84 Å². The van der Waals surface area contributed by atoms with Crippen molar-refractivity contribution in [2.75, 3.05) is 6.61 Å². The Kier molecular flexibility index (Phi) is 7.26. The second kappa shape index (κ2) is 8.72. The monoisotopic (exact) mass is 279 g/mol. The van der Waals surface area contributed by atoms with Gasteiger partial charge in [0.1, 0.15) is 0 Å². The van der Waals surface area contributed by atoms with Gasteiger partial charge in [-0.15, -0.1) is 0 Å². The Morgan fingerprint density at radius 3 is 2.45 bits per heavy atom. The number of hydrogen-bond acceptors (Lipinski definition) is 3. The number of carbonyl (C=O) groups is 1. The van der Waals surface area contributed by atoms with Gasteiger partial charge in [0.2, 0.25) is 0 Å². The number of rotatable bonds is 8. The van der Waals surface area contributed by atoms with Gasteiger partial charge in [-0.3, -0.25) is 4.79 Å². The molecule has 1 atom stereocenters. The van der Waals surface area contributed by atoms with Crippen LogP contribution in [0.5, 0.6) is 0 Å². The number of benzene rings is 1. The number of amides is 1. The van der Waals surface area contributed by atoms with Crippen molar-refractivity contribution in [3.8, 4) is 0 Å². The van der Waals surface area contributed by atoms with Crippen LogP contribution in [0, 0.1) is 0 Å². The van der Waals surface area contributed by atoms with Crippen molar-refractivity contribution in [3.05, 3.63) is 35.4 Å². The minimum Gasteiger partial charge on any atom is -0.396 e. The summed E-state index contributed by atoms with van der Waals surface area (Å²) in [4.78, 5) is 12.0. The Morgan fingerprint density at radius 1 is 1.30 bits per heavy atom. The fourth-order valence-corrected chi connectivity index (χ4v) is 1.82. The molecule has 1 aromatic carbocycles. The Labute approximate surface area is 121 Å². The standard InChI is InChI=1S/C16H25NO3/c1-4-15(9-10-18)17-16(19)14-7-5-13(6-8-14)11-20-12(2)3/h5-8,12,15,18H,4,9-11H2,1-3H3,(H,17,19). The largest absolute Gasteiger partial charge is 0.396 e. The van der Waals surface area contributed by atoms with Crippen LogP contribution in [0.2, 0.25) is 0 Å². The Morgan fingerprint density at radius 2 is 1.95 bits per heavy atom. The Hall–Kier alpha value is -1.39. The van der Waals surface area contributed by atoms with Crippen LogP contribution in [0.15, 0.2) is 24.3 Å². The summed E-state index contributed by atoms with van der Waals surface area (Å²) in [7, 11) is 0. The van der Waals surface area contributed by atoms with E-state index < -0.39 is 0 Å². The molecule has 20 heavy (non-hydrogen) atoms. The fourth-order valence-electron chi connectivity index (χ4n) is 1.82. The zero-order valence-electron chi connectivity index (χ0n) is 12.6. The van der Waals surface area contributed by atoms with Gasteiger partial charge in [0.05, 0.1) is 12.7 Å². The molecule has 1 amide bonds. The van der Waals surface area contributed by atoms with Gasteiger partial charge in [-0.05, 0) is 44.4 Å². The van der Waals surface area contributed by atoms with E-state index in [2.05, 4.69) is 5.32 Å².